The first-order valence-corrected chi connectivity index (χ1v) is 9.07. The van der Waals surface area contributed by atoms with Gasteiger partial charge in [-0.3, -0.25) is 9.59 Å². The van der Waals surface area contributed by atoms with E-state index in [0.717, 1.165) is 16.9 Å². The molecular weight excluding hydrogens is 356 g/mol. The molecule has 2 N–H and O–H groups in total. The van der Waals surface area contributed by atoms with Crippen LogP contribution in [-0.4, -0.2) is 30.4 Å². The highest BCUT2D eigenvalue weighted by Crippen LogP contribution is 2.27. The summed E-state index contributed by atoms with van der Waals surface area (Å²) in [6.45, 7) is 7.45. The van der Waals surface area contributed by atoms with Gasteiger partial charge < -0.3 is 19.8 Å². The van der Waals surface area contributed by atoms with Crippen LogP contribution in [0.2, 0.25) is 0 Å². The molecule has 7 nitrogen and oxygen atoms in total. The fourth-order valence-corrected chi connectivity index (χ4v) is 3.27. The SMILES string of the molecule is CCOC(=O)c1sc(NC(=O)C(NC(=O)c2ccco2)C(C)C)cc1C. The number of nitrogens with one attached hydrogen (secondary N) is 2. The first-order valence-electron chi connectivity index (χ1n) is 8.26. The lowest BCUT2D eigenvalue weighted by Gasteiger charge is -2.20. The van der Waals surface area contributed by atoms with Crippen molar-refractivity contribution in [3.8, 4) is 0 Å². The van der Waals surface area contributed by atoms with Crippen molar-refractivity contribution in [2.75, 3.05) is 11.9 Å². The maximum absolute atomic E-state index is 12.6. The van der Waals surface area contributed by atoms with Crippen LogP contribution < -0.4 is 10.6 Å². The van der Waals surface area contributed by atoms with Gasteiger partial charge in [-0.25, -0.2) is 4.79 Å². The Kier molecular flexibility index (Phi) is 6.57. The van der Waals surface area contributed by atoms with Crippen LogP contribution in [0.3, 0.4) is 0 Å². The molecule has 2 heterocycles. The van der Waals surface area contributed by atoms with E-state index >= 15 is 0 Å². The van der Waals surface area contributed by atoms with Crippen LogP contribution in [0.15, 0.2) is 28.9 Å². The number of ether oxygens (including phenoxy) is 1. The van der Waals surface area contributed by atoms with Crippen molar-refractivity contribution in [2.24, 2.45) is 5.92 Å². The molecule has 0 bridgehead atoms. The quantitative estimate of drug-likeness (QED) is 0.721. The monoisotopic (exact) mass is 378 g/mol. The molecule has 2 aromatic heterocycles. The van der Waals surface area contributed by atoms with Gasteiger partial charge in [-0.05, 0) is 43.5 Å². The minimum atomic E-state index is -0.749. The number of thiophene rings is 1. The molecule has 0 saturated heterocycles. The molecule has 0 radical (unpaired) electrons. The second kappa shape index (κ2) is 8.66. The number of esters is 1. The molecule has 26 heavy (non-hydrogen) atoms. The highest BCUT2D eigenvalue weighted by Gasteiger charge is 2.26. The first-order chi connectivity index (χ1) is 12.3. The first kappa shape index (κ1) is 19.7. The maximum atomic E-state index is 12.6. The van der Waals surface area contributed by atoms with E-state index in [0.29, 0.717) is 9.88 Å². The zero-order valence-electron chi connectivity index (χ0n) is 15.1. The largest absolute Gasteiger partial charge is 0.462 e. The molecule has 0 aromatic carbocycles. The second-order valence-corrected chi connectivity index (χ2v) is 7.06. The van der Waals surface area contributed by atoms with Gasteiger partial charge in [-0.2, -0.15) is 0 Å². The van der Waals surface area contributed by atoms with Gasteiger partial charge in [0.05, 0.1) is 17.9 Å². The predicted molar refractivity (Wildman–Crippen MR) is 98.4 cm³/mol. The number of anilines is 1. The molecule has 2 amide bonds. The summed E-state index contributed by atoms with van der Waals surface area (Å²) in [7, 11) is 0. The zero-order chi connectivity index (χ0) is 19.3. The van der Waals surface area contributed by atoms with Gasteiger partial charge in [0.15, 0.2) is 5.76 Å². The number of rotatable bonds is 7. The third-order valence-electron chi connectivity index (χ3n) is 3.61. The third kappa shape index (κ3) is 4.72. The lowest BCUT2D eigenvalue weighted by molar-refractivity contribution is -0.118. The molecule has 2 rings (SSSR count). The van der Waals surface area contributed by atoms with E-state index in [-0.39, 0.29) is 24.2 Å². The minimum absolute atomic E-state index is 0.139. The average molecular weight is 378 g/mol. The second-order valence-electron chi connectivity index (χ2n) is 6.00. The Morgan fingerprint density at radius 2 is 2.04 bits per heavy atom. The highest BCUT2D eigenvalue weighted by molar-refractivity contribution is 7.18. The Hall–Kier alpha value is -2.61. The van der Waals surface area contributed by atoms with Crippen molar-refractivity contribution in [3.63, 3.8) is 0 Å². The molecule has 0 aliphatic carbocycles. The lowest BCUT2D eigenvalue weighted by atomic mass is 10.0. The smallest absolute Gasteiger partial charge is 0.348 e. The standard InChI is InChI=1S/C18H22N2O5S/c1-5-24-18(23)15-11(4)9-13(26-15)19-17(22)14(10(2)3)20-16(21)12-7-6-8-25-12/h6-10,14H,5H2,1-4H3,(H,19,22)(H,20,21). The normalized spacial score (nSPS) is 11.9. The predicted octanol–water partition coefficient (Wildman–Crippen LogP) is 3.22. The molecular formula is C18H22N2O5S. The van der Waals surface area contributed by atoms with Gasteiger partial charge in [0, 0.05) is 0 Å². The Bertz CT molecular complexity index is 780. The molecule has 0 fully saturated rings. The van der Waals surface area contributed by atoms with E-state index in [1.54, 1.807) is 26.0 Å². The fraction of sp³-hybridized carbons (Fsp3) is 0.389. The van der Waals surface area contributed by atoms with Gasteiger partial charge in [-0.15, -0.1) is 11.3 Å². The summed E-state index contributed by atoms with van der Waals surface area (Å²) >= 11 is 1.14. The summed E-state index contributed by atoms with van der Waals surface area (Å²) in [5, 5.41) is 5.95. The van der Waals surface area contributed by atoms with E-state index in [9.17, 15) is 14.4 Å². The van der Waals surface area contributed by atoms with Crippen LogP contribution in [0.4, 0.5) is 5.00 Å². The van der Waals surface area contributed by atoms with Crippen LogP contribution in [0.25, 0.3) is 0 Å². The molecule has 1 unspecified atom stereocenters. The Morgan fingerprint density at radius 1 is 1.31 bits per heavy atom. The van der Waals surface area contributed by atoms with Crippen LogP contribution in [-0.2, 0) is 9.53 Å². The molecule has 0 aliphatic heterocycles. The summed E-state index contributed by atoms with van der Waals surface area (Å²) < 4.78 is 10.0. The topological polar surface area (TPSA) is 97.6 Å². The Balaban J connectivity index is 2.09. The fourth-order valence-electron chi connectivity index (χ4n) is 2.30. The van der Waals surface area contributed by atoms with Crippen LogP contribution in [0.5, 0.6) is 0 Å². The van der Waals surface area contributed by atoms with E-state index in [4.69, 9.17) is 9.15 Å². The lowest BCUT2D eigenvalue weighted by Crippen LogP contribution is -2.46. The molecule has 140 valence electrons. The van der Waals surface area contributed by atoms with Crippen LogP contribution in [0.1, 0.15) is 46.6 Å². The summed E-state index contributed by atoms with van der Waals surface area (Å²) in [5.41, 5.74) is 0.726. The molecule has 0 saturated carbocycles. The molecule has 0 aliphatic rings. The molecule has 0 spiro atoms. The maximum Gasteiger partial charge on any atom is 0.348 e. The highest BCUT2D eigenvalue weighted by atomic mass is 32.1. The summed E-state index contributed by atoms with van der Waals surface area (Å²) in [6.07, 6.45) is 1.39. The average Bonchev–Trinajstić information content (AvgIpc) is 3.22. The Labute approximate surface area is 155 Å². The number of carbonyl (C=O) groups is 3. The van der Waals surface area contributed by atoms with E-state index < -0.39 is 17.9 Å². The number of hydrogen-bond donors (Lipinski definition) is 2. The van der Waals surface area contributed by atoms with E-state index in [2.05, 4.69) is 10.6 Å². The van der Waals surface area contributed by atoms with Gasteiger partial charge in [-0.1, -0.05) is 13.8 Å². The van der Waals surface area contributed by atoms with Crippen LogP contribution >= 0.6 is 11.3 Å². The van der Waals surface area contributed by atoms with E-state index in [1.807, 2.05) is 13.8 Å². The van der Waals surface area contributed by atoms with Crippen molar-refractivity contribution in [2.45, 2.75) is 33.7 Å². The third-order valence-corrected chi connectivity index (χ3v) is 4.74. The number of hydrogen-bond acceptors (Lipinski definition) is 6. The molecule has 8 heteroatoms. The zero-order valence-corrected chi connectivity index (χ0v) is 15.9. The van der Waals surface area contributed by atoms with Crippen molar-refractivity contribution >= 4 is 34.1 Å². The van der Waals surface area contributed by atoms with Crippen LogP contribution in [0, 0.1) is 12.8 Å². The van der Waals surface area contributed by atoms with Gasteiger partial charge in [0.25, 0.3) is 5.91 Å². The van der Waals surface area contributed by atoms with Crippen molar-refractivity contribution in [1.82, 2.24) is 5.32 Å². The molecule has 1 atom stereocenters. The number of amides is 2. The van der Waals surface area contributed by atoms with Crippen molar-refractivity contribution < 1.29 is 23.5 Å². The number of carbonyl (C=O) groups excluding carboxylic acids is 3. The van der Waals surface area contributed by atoms with Gasteiger partial charge >= 0.3 is 5.97 Å². The number of aryl methyl sites for hydroxylation is 1. The summed E-state index contributed by atoms with van der Waals surface area (Å²) in [5.74, 6) is -1.24. The van der Waals surface area contributed by atoms with Gasteiger partial charge in [0.2, 0.25) is 5.91 Å². The summed E-state index contributed by atoms with van der Waals surface area (Å²) in [4.78, 5) is 37.1. The van der Waals surface area contributed by atoms with Crippen molar-refractivity contribution in [1.29, 1.82) is 0 Å². The van der Waals surface area contributed by atoms with E-state index in [1.165, 1.54) is 12.3 Å². The minimum Gasteiger partial charge on any atom is -0.462 e. The van der Waals surface area contributed by atoms with Crippen molar-refractivity contribution in [3.05, 3.63) is 40.7 Å². The number of furan rings is 1. The Morgan fingerprint density at radius 3 is 2.62 bits per heavy atom. The summed E-state index contributed by atoms with van der Waals surface area (Å²) in [6, 6.07) is 4.09. The van der Waals surface area contributed by atoms with Gasteiger partial charge in [0.1, 0.15) is 10.9 Å². The molecule has 2 aromatic rings.